The van der Waals surface area contributed by atoms with Gasteiger partial charge in [-0.05, 0) is 19.8 Å². The average molecular weight is 352 g/mol. The molecule has 0 saturated heterocycles. The molecule has 0 aromatic heterocycles. The van der Waals surface area contributed by atoms with E-state index >= 15 is 0 Å². The quantitative estimate of drug-likeness (QED) is 0.526. The van der Waals surface area contributed by atoms with Gasteiger partial charge in [0.2, 0.25) is 0 Å². The van der Waals surface area contributed by atoms with Gasteiger partial charge < -0.3 is 0 Å². The van der Waals surface area contributed by atoms with E-state index in [0.29, 0.717) is 3.42 Å². The van der Waals surface area contributed by atoms with Crippen LogP contribution in [-0.4, -0.2) is 7.35 Å². The molecule has 0 saturated carbocycles. The third-order valence-electron chi connectivity index (χ3n) is 1.24. The molecule has 0 aromatic rings. The average Bonchev–Trinajstić information content (AvgIpc) is 1.62. The molecule has 0 N–H and O–H groups in total. The fraction of sp³-hybridized carbons (Fsp3) is 1.00. The van der Waals surface area contributed by atoms with E-state index in [1.807, 2.05) is 0 Å². The number of alkyl halides is 2. The van der Waals surface area contributed by atoms with Gasteiger partial charge in [0.15, 0.2) is 0 Å². The van der Waals surface area contributed by atoms with Crippen LogP contribution in [0.5, 0.6) is 0 Å². The van der Waals surface area contributed by atoms with Gasteiger partial charge >= 0.3 is 0 Å². The molecule has 0 bridgehead atoms. The van der Waals surface area contributed by atoms with Crippen LogP contribution in [0.25, 0.3) is 0 Å². The molecule has 0 aliphatic rings. The largest absolute Gasteiger partial charge is 0.0809 e. The lowest BCUT2D eigenvalue weighted by Gasteiger charge is -2.26. The van der Waals surface area contributed by atoms with Gasteiger partial charge in [0.05, 0.1) is 0 Å². The molecular formula is C7H14I2. The van der Waals surface area contributed by atoms with Gasteiger partial charge in [-0.25, -0.2) is 0 Å². The Hall–Kier alpha value is 1.46. The summed E-state index contributed by atoms with van der Waals surface area (Å²) >= 11 is 5.04. The Morgan fingerprint density at radius 3 is 1.56 bits per heavy atom. The maximum Gasteiger partial charge on any atom is 0.0286 e. The van der Waals surface area contributed by atoms with Crippen molar-refractivity contribution in [2.75, 3.05) is 0 Å². The second kappa shape index (κ2) is 3.74. The second-order valence-electron chi connectivity index (χ2n) is 3.21. The van der Waals surface area contributed by atoms with E-state index in [9.17, 15) is 0 Å². The molecule has 0 fully saturated rings. The summed E-state index contributed by atoms with van der Waals surface area (Å²) in [5.41, 5.74) is 0. The van der Waals surface area contributed by atoms with E-state index in [1.54, 1.807) is 0 Å². The highest BCUT2D eigenvalue weighted by Gasteiger charge is 2.25. The molecule has 0 rings (SSSR count). The Kier molecular flexibility index (Phi) is 4.34. The van der Waals surface area contributed by atoms with Gasteiger partial charge in [-0.15, -0.1) is 0 Å². The topological polar surface area (TPSA) is 0 Å². The van der Waals surface area contributed by atoms with Gasteiger partial charge in [-0.2, -0.15) is 0 Å². The minimum atomic E-state index is 0.437. The monoisotopic (exact) mass is 352 g/mol. The van der Waals surface area contributed by atoms with Crippen molar-refractivity contribution in [1.29, 1.82) is 0 Å². The number of halogens is 2. The van der Waals surface area contributed by atoms with Crippen molar-refractivity contribution in [2.24, 2.45) is 5.92 Å². The van der Waals surface area contributed by atoms with E-state index in [0.717, 1.165) is 9.84 Å². The Bertz CT molecular complexity index is 81.4. The van der Waals surface area contributed by atoms with Crippen LogP contribution in [0.4, 0.5) is 0 Å². The molecule has 0 aliphatic carbocycles. The van der Waals surface area contributed by atoms with Crippen LogP contribution >= 0.6 is 45.2 Å². The molecule has 9 heavy (non-hydrogen) atoms. The van der Waals surface area contributed by atoms with Crippen molar-refractivity contribution in [3.05, 3.63) is 0 Å². The summed E-state index contributed by atoms with van der Waals surface area (Å²) in [7, 11) is 0. The highest BCUT2D eigenvalue weighted by Crippen LogP contribution is 2.32. The molecule has 0 nitrogen and oxygen atoms in total. The zero-order valence-electron chi connectivity index (χ0n) is 6.41. The summed E-state index contributed by atoms with van der Waals surface area (Å²) in [5.74, 6) is 0.789. The molecule has 1 unspecified atom stereocenters. The number of hydrogen-bond donors (Lipinski definition) is 0. The van der Waals surface area contributed by atoms with Crippen LogP contribution in [0.15, 0.2) is 0 Å². The number of hydrogen-bond acceptors (Lipinski definition) is 0. The van der Waals surface area contributed by atoms with Gasteiger partial charge in [0, 0.05) is 7.35 Å². The molecule has 0 aliphatic heterocycles. The van der Waals surface area contributed by atoms with Gasteiger partial charge in [0.1, 0.15) is 0 Å². The first kappa shape index (κ1) is 10.5. The van der Waals surface area contributed by atoms with Crippen LogP contribution in [0, 0.1) is 5.92 Å². The Morgan fingerprint density at radius 1 is 1.22 bits per heavy atom. The predicted molar refractivity (Wildman–Crippen MR) is 60.7 cm³/mol. The molecule has 0 radical (unpaired) electrons. The molecule has 0 heterocycles. The summed E-state index contributed by atoms with van der Waals surface area (Å²) in [5, 5.41) is 0. The molecule has 2 heteroatoms. The van der Waals surface area contributed by atoms with Crippen LogP contribution in [0.1, 0.15) is 27.7 Å². The summed E-state index contributed by atoms with van der Waals surface area (Å²) in [6, 6.07) is 0. The smallest absolute Gasteiger partial charge is 0.0286 e. The lowest BCUT2D eigenvalue weighted by Crippen LogP contribution is -2.28. The lowest BCUT2D eigenvalue weighted by molar-refractivity contribution is 0.556. The highest BCUT2D eigenvalue weighted by molar-refractivity contribution is 14.1. The van der Waals surface area contributed by atoms with Crippen molar-refractivity contribution >= 4 is 45.2 Å². The fourth-order valence-corrected chi connectivity index (χ4v) is 1.51. The lowest BCUT2D eigenvalue weighted by atomic mass is 10.0. The first-order valence-corrected chi connectivity index (χ1v) is 5.51. The third-order valence-corrected chi connectivity index (χ3v) is 6.10. The summed E-state index contributed by atoms with van der Waals surface area (Å²) < 4.78 is 1.21. The molecule has 0 spiro atoms. The van der Waals surface area contributed by atoms with Crippen molar-refractivity contribution in [3.63, 3.8) is 0 Å². The highest BCUT2D eigenvalue weighted by atomic mass is 127. The molecule has 56 valence electrons. The van der Waals surface area contributed by atoms with Gasteiger partial charge in [-0.1, -0.05) is 59.0 Å². The standard InChI is InChI=1S/C7H14I2/c1-5(2)6(8)7(3,4)9/h5-6H,1-4H3. The molecule has 1 atom stereocenters. The summed E-state index contributed by atoms with van der Waals surface area (Å²) in [6.45, 7) is 9.12. The van der Waals surface area contributed by atoms with E-state index in [4.69, 9.17) is 0 Å². The summed E-state index contributed by atoms with van der Waals surface area (Å²) in [4.78, 5) is 0. The van der Waals surface area contributed by atoms with E-state index < -0.39 is 0 Å². The fourth-order valence-electron chi connectivity index (χ4n) is 0.793. The molecular weight excluding hydrogens is 338 g/mol. The van der Waals surface area contributed by atoms with Gasteiger partial charge in [0.25, 0.3) is 0 Å². The zero-order chi connectivity index (χ0) is 7.65. The Labute approximate surface area is 85.5 Å². The third kappa shape index (κ3) is 4.01. The minimum absolute atomic E-state index is 0.437. The predicted octanol–water partition coefficient (Wildman–Crippen LogP) is 3.66. The number of rotatable bonds is 2. The van der Waals surface area contributed by atoms with Crippen LogP contribution in [0.2, 0.25) is 0 Å². The first-order chi connectivity index (χ1) is 3.85. The maximum atomic E-state index is 2.53. The maximum absolute atomic E-state index is 2.53. The Balaban J connectivity index is 3.88. The van der Waals surface area contributed by atoms with E-state index in [1.165, 1.54) is 0 Å². The first-order valence-electron chi connectivity index (χ1n) is 3.18. The second-order valence-corrected chi connectivity index (χ2v) is 7.33. The van der Waals surface area contributed by atoms with Crippen molar-refractivity contribution in [2.45, 2.75) is 35.0 Å². The van der Waals surface area contributed by atoms with Crippen molar-refractivity contribution in [1.82, 2.24) is 0 Å². The van der Waals surface area contributed by atoms with Crippen LogP contribution in [-0.2, 0) is 0 Å². The molecule has 0 aromatic carbocycles. The van der Waals surface area contributed by atoms with E-state index in [-0.39, 0.29) is 0 Å². The van der Waals surface area contributed by atoms with Gasteiger partial charge in [-0.3, -0.25) is 0 Å². The zero-order valence-corrected chi connectivity index (χ0v) is 10.7. The van der Waals surface area contributed by atoms with Crippen molar-refractivity contribution in [3.8, 4) is 0 Å². The van der Waals surface area contributed by atoms with Crippen molar-refractivity contribution < 1.29 is 0 Å². The van der Waals surface area contributed by atoms with E-state index in [2.05, 4.69) is 72.9 Å². The Morgan fingerprint density at radius 2 is 1.56 bits per heavy atom. The normalized spacial score (nSPS) is 16.3. The molecule has 0 amide bonds. The summed E-state index contributed by atoms with van der Waals surface area (Å²) in [6.07, 6.45) is 0. The van der Waals surface area contributed by atoms with Crippen LogP contribution < -0.4 is 0 Å². The SMILES string of the molecule is CC(C)C(I)C(C)(C)I. The van der Waals surface area contributed by atoms with Crippen LogP contribution in [0.3, 0.4) is 0 Å². The minimum Gasteiger partial charge on any atom is -0.0809 e.